The molecule has 0 N–H and O–H groups in total. The second-order valence-electron chi connectivity index (χ2n) is 2.81. The van der Waals surface area contributed by atoms with Crippen molar-refractivity contribution in [1.29, 1.82) is 0 Å². The highest BCUT2D eigenvalue weighted by Crippen LogP contribution is 2.26. The van der Waals surface area contributed by atoms with Crippen molar-refractivity contribution in [2.75, 3.05) is 0 Å². The number of fused-ring (bicyclic) bond motifs is 1. The summed E-state index contributed by atoms with van der Waals surface area (Å²) >= 11 is 3.16. The zero-order chi connectivity index (χ0) is 10.3. The average Bonchev–Trinajstić information content (AvgIpc) is 2.41. The summed E-state index contributed by atoms with van der Waals surface area (Å²) in [5.74, 6) is -0.327. The molecule has 0 spiro atoms. The standard InChI is InChI=1S/C8H5BrFN3O/c1-4-7(12-14)13-3-5(10)2-6(9)8(13)11-4/h2-3H,1H3. The number of hydrogen-bond acceptors (Lipinski definition) is 3. The van der Waals surface area contributed by atoms with Gasteiger partial charge in [-0.05, 0) is 34.1 Å². The van der Waals surface area contributed by atoms with Crippen LogP contribution in [0, 0.1) is 17.6 Å². The molecule has 0 saturated carbocycles. The average molecular weight is 258 g/mol. The fourth-order valence-corrected chi connectivity index (χ4v) is 1.78. The molecular formula is C8H5BrFN3O. The second-order valence-corrected chi connectivity index (χ2v) is 3.67. The molecule has 0 saturated heterocycles. The Balaban J connectivity index is 2.94. The molecule has 0 unspecified atom stereocenters. The van der Waals surface area contributed by atoms with E-state index in [0.717, 1.165) is 0 Å². The molecule has 0 aromatic carbocycles. The van der Waals surface area contributed by atoms with Gasteiger partial charge in [-0.15, -0.1) is 4.91 Å². The largest absolute Gasteiger partial charge is 0.278 e. The molecule has 4 nitrogen and oxygen atoms in total. The molecule has 0 fully saturated rings. The van der Waals surface area contributed by atoms with E-state index in [0.29, 0.717) is 15.8 Å². The van der Waals surface area contributed by atoms with E-state index in [9.17, 15) is 9.30 Å². The van der Waals surface area contributed by atoms with Gasteiger partial charge in [0.15, 0.2) is 5.65 Å². The number of hydrogen-bond donors (Lipinski definition) is 0. The molecule has 2 aromatic heterocycles. The number of aryl methyl sites for hydroxylation is 1. The van der Waals surface area contributed by atoms with E-state index in [2.05, 4.69) is 26.1 Å². The van der Waals surface area contributed by atoms with Crippen molar-refractivity contribution >= 4 is 27.4 Å². The first-order valence-corrected chi connectivity index (χ1v) is 4.60. The van der Waals surface area contributed by atoms with E-state index in [1.807, 2.05) is 0 Å². The third-order valence-electron chi connectivity index (χ3n) is 1.87. The monoisotopic (exact) mass is 257 g/mol. The minimum atomic E-state index is -0.452. The number of nitroso groups, excluding NO2 is 1. The molecule has 0 bridgehead atoms. The van der Waals surface area contributed by atoms with E-state index in [-0.39, 0.29) is 5.82 Å². The molecule has 72 valence electrons. The number of rotatable bonds is 1. The van der Waals surface area contributed by atoms with Crippen molar-refractivity contribution in [3.63, 3.8) is 0 Å². The van der Waals surface area contributed by atoms with Gasteiger partial charge in [0.1, 0.15) is 5.82 Å². The summed E-state index contributed by atoms with van der Waals surface area (Å²) in [4.78, 5) is 14.6. The van der Waals surface area contributed by atoms with Crippen molar-refractivity contribution in [3.05, 3.63) is 33.2 Å². The molecule has 0 amide bonds. The van der Waals surface area contributed by atoms with E-state index < -0.39 is 5.82 Å². The van der Waals surface area contributed by atoms with Crippen LogP contribution in [0.2, 0.25) is 0 Å². The van der Waals surface area contributed by atoms with Crippen LogP contribution in [0.25, 0.3) is 5.65 Å². The Bertz CT molecular complexity index is 523. The Labute approximate surface area is 86.9 Å². The molecule has 0 radical (unpaired) electrons. The van der Waals surface area contributed by atoms with Crippen LogP contribution in [0.3, 0.4) is 0 Å². The molecule has 2 aromatic rings. The van der Waals surface area contributed by atoms with Gasteiger partial charge in [0.2, 0.25) is 5.82 Å². The second kappa shape index (κ2) is 3.13. The molecule has 0 aliphatic carbocycles. The van der Waals surface area contributed by atoms with Crippen molar-refractivity contribution in [2.24, 2.45) is 5.18 Å². The van der Waals surface area contributed by atoms with Crippen molar-refractivity contribution in [3.8, 4) is 0 Å². The van der Waals surface area contributed by atoms with Gasteiger partial charge in [-0.25, -0.2) is 9.37 Å². The van der Waals surface area contributed by atoms with Crippen molar-refractivity contribution < 1.29 is 4.39 Å². The molecule has 0 aliphatic heterocycles. The minimum Gasteiger partial charge on any atom is -0.278 e. The maximum absolute atomic E-state index is 13.0. The van der Waals surface area contributed by atoms with Crippen LogP contribution < -0.4 is 0 Å². The SMILES string of the molecule is Cc1nc2c(Br)cc(F)cn2c1N=O. The van der Waals surface area contributed by atoms with Gasteiger partial charge in [0, 0.05) is 6.20 Å². The summed E-state index contributed by atoms with van der Waals surface area (Å²) in [5, 5.41) is 2.80. The van der Waals surface area contributed by atoms with Gasteiger partial charge >= 0.3 is 0 Å². The van der Waals surface area contributed by atoms with Crippen LogP contribution in [0.15, 0.2) is 21.9 Å². The van der Waals surface area contributed by atoms with Gasteiger partial charge in [-0.3, -0.25) is 4.40 Å². The Hall–Kier alpha value is -1.30. The van der Waals surface area contributed by atoms with Gasteiger partial charge < -0.3 is 0 Å². The Kier molecular flexibility index (Phi) is 2.07. The number of nitrogens with zero attached hydrogens (tertiary/aromatic N) is 3. The molecule has 2 rings (SSSR count). The van der Waals surface area contributed by atoms with E-state index in [1.165, 1.54) is 16.7 Å². The minimum absolute atomic E-state index is 0.125. The lowest BCUT2D eigenvalue weighted by molar-refractivity contribution is 0.618. The highest BCUT2D eigenvalue weighted by Gasteiger charge is 2.12. The molecule has 14 heavy (non-hydrogen) atoms. The Morgan fingerprint density at radius 3 is 3.00 bits per heavy atom. The number of aromatic nitrogens is 2. The fraction of sp³-hybridized carbons (Fsp3) is 0.125. The summed E-state index contributed by atoms with van der Waals surface area (Å²) in [6.07, 6.45) is 1.18. The van der Waals surface area contributed by atoms with Crippen LogP contribution in [0.5, 0.6) is 0 Å². The summed E-state index contributed by atoms with van der Waals surface area (Å²) < 4.78 is 14.8. The number of pyridine rings is 1. The molecule has 0 atom stereocenters. The maximum Gasteiger partial charge on any atom is 0.204 e. The predicted molar refractivity (Wildman–Crippen MR) is 53.0 cm³/mol. The van der Waals surface area contributed by atoms with Crippen LogP contribution in [-0.4, -0.2) is 9.38 Å². The molecule has 0 aliphatic rings. The third-order valence-corrected chi connectivity index (χ3v) is 2.45. The number of imidazole rings is 1. The lowest BCUT2D eigenvalue weighted by Gasteiger charge is -1.96. The highest BCUT2D eigenvalue weighted by molar-refractivity contribution is 9.10. The fourth-order valence-electron chi connectivity index (χ4n) is 1.28. The summed E-state index contributed by atoms with van der Waals surface area (Å²) in [5.41, 5.74) is 0.963. The Morgan fingerprint density at radius 1 is 1.64 bits per heavy atom. The van der Waals surface area contributed by atoms with Crippen LogP contribution in [-0.2, 0) is 0 Å². The van der Waals surface area contributed by atoms with Crippen LogP contribution in [0.4, 0.5) is 10.2 Å². The first-order valence-electron chi connectivity index (χ1n) is 3.80. The van der Waals surface area contributed by atoms with Gasteiger partial charge in [0.25, 0.3) is 0 Å². The van der Waals surface area contributed by atoms with Crippen molar-refractivity contribution in [2.45, 2.75) is 6.92 Å². The quantitative estimate of drug-likeness (QED) is 0.738. The zero-order valence-electron chi connectivity index (χ0n) is 7.16. The van der Waals surface area contributed by atoms with E-state index >= 15 is 0 Å². The molecular weight excluding hydrogens is 253 g/mol. The van der Waals surface area contributed by atoms with Crippen LogP contribution in [0.1, 0.15) is 5.69 Å². The normalized spacial score (nSPS) is 10.8. The molecule has 6 heteroatoms. The topological polar surface area (TPSA) is 46.7 Å². The smallest absolute Gasteiger partial charge is 0.204 e. The predicted octanol–water partition coefficient (Wildman–Crippen LogP) is 2.94. The summed E-state index contributed by atoms with van der Waals surface area (Å²) in [7, 11) is 0. The summed E-state index contributed by atoms with van der Waals surface area (Å²) in [6, 6.07) is 1.29. The van der Waals surface area contributed by atoms with Gasteiger partial charge in [-0.2, -0.15) is 0 Å². The van der Waals surface area contributed by atoms with E-state index in [4.69, 9.17) is 0 Å². The first-order chi connectivity index (χ1) is 6.63. The third kappa shape index (κ3) is 1.22. The highest BCUT2D eigenvalue weighted by atomic mass is 79.9. The Morgan fingerprint density at radius 2 is 2.36 bits per heavy atom. The number of halogens is 2. The lowest BCUT2D eigenvalue weighted by Crippen LogP contribution is -1.87. The zero-order valence-corrected chi connectivity index (χ0v) is 8.75. The maximum atomic E-state index is 13.0. The first kappa shape index (κ1) is 9.26. The lowest BCUT2D eigenvalue weighted by atomic mass is 10.4. The van der Waals surface area contributed by atoms with Crippen LogP contribution >= 0.6 is 15.9 Å². The van der Waals surface area contributed by atoms with Gasteiger partial charge in [0.05, 0.1) is 10.2 Å². The molecule has 2 heterocycles. The summed E-state index contributed by atoms with van der Waals surface area (Å²) in [6.45, 7) is 1.65. The van der Waals surface area contributed by atoms with Gasteiger partial charge in [-0.1, -0.05) is 0 Å². The van der Waals surface area contributed by atoms with Crippen molar-refractivity contribution in [1.82, 2.24) is 9.38 Å². The van der Waals surface area contributed by atoms with E-state index in [1.54, 1.807) is 6.92 Å².